The smallest absolute Gasteiger partial charge is 0.167 e. The van der Waals surface area contributed by atoms with Crippen molar-refractivity contribution in [2.45, 2.75) is 0 Å². The SMILES string of the molecule is c1ccc(-c2nc(-c3ccccc3-c3cc4ccc5cccc6c7cccc8ccc9cccc(c(c3)c4c56)c9c87)nc(-c3cccc4c3oc3ccccc34)n2)cc1. The molecule has 0 unspecified atom stereocenters. The van der Waals surface area contributed by atoms with Crippen LogP contribution in [0.25, 0.3) is 132 Å². The Morgan fingerprint density at radius 2 is 0.780 bits per heavy atom. The number of hydrogen-bond acceptors (Lipinski definition) is 4. The van der Waals surface area contributed by atoms with Crippen molar-refractivity contribution in [2.75, 3.05) is 0 Å². The van der Waals surface area contributed by atoms with Gasteiger partial charge in [0.05, 0.1) is 5.56 Å². The third-order valence-corrected chi connectivity index (χ3v) is 12.2. The Hall–Kier alpha value is -7.95. The van der Waals surface area contributed by atoms with Crippen molar-refractivity contribution in [3.05, 3.63) is 188 Å². The van der Waals surface area contributed by atoms with Gasteiger partial charge in [-0.1, -0.05) is 164 Å². The molecule has 0 saturated heterocycles. The maximum Gasteiger partial charge on any atom is 0.167 e. The second kappa shape index (κ2) is 12.3. The van der Waals surface area contributed by atoms with Crippen LogP contribution in [0.15, 0.2) is 192 Å². The Bertz CT molecular complexity index is 3840. The highest BCUT2D eigenvalue weighted by Gasteiger charge is 2.21. The summed E-state index contributed by atoms with van der Waals surface area (Å²) in [5.74, 6) is 1.77. The number of para-hydroxylation sites is 2. The third-order valence-electron chi connectivity index (χ3n) is 12.2. The van der Waals surface area contributed by atoms with Gasteiger partial charge >= 0.3 is 0 Å². The van der Waals surface area contributed by atoms with Crippen LogP contribution in [0.1, 0.15) is 0 Å². The van der Waals surface area contributed by atoms with Gasteiger partial charge in [0.2, 0.25) is 0 Å². The lowest BCUT2D eigenvalue weighted by Crippen LogP contribution is -2.01. The number of aromatic nitrogens is 3. The summed E-state index contributed by atoms with van der Waals surface area (Å²) in [6, 6.07) is 67.1. The first-order valence-corrected chi connectivity index (χ1v) is 20.0. The summed E-state index contributed by atoms with van der Waals surface area (Å²) in [5.41, 5.74) is 6.40. The predicted molar refractivity (Wildman–Crippen MR) is 245 cm³/mol. The number of hydrogen-bond donors (Lipinski definition) is 0. The molecule has 2 heterocycles. The first kappa shape index (κ1) is 32.2. The second-order valence-electron chi connectivity index (χ2n) is 15.5. The molecule has 0 amide bonds. The van der Waals surface area contributed by atoms with E-state index in [0.29, 0.717) is 17.5 Å². The maximum atomic E-state index is 6.51. The molecule has 13 rings (SSSR count). The van der Waals surface area contributed by atoms with Crippen molar-refractivity contribution >= 4 is 86.6 Å². The van der Waals surface area contributed by atoms with Gasteiger partial charge < -0.3 is 4.42 Å². The molecule has 272 valence electrons. The van der Waals surface area contributed by atoms with Crippen LogP contribution in [0, 0.1) is 0 Å². The Morgan fingerprint density at radius 1 is 0.288 bits per heavy atom. The predicted octanol–water partition coefficient (Wildman–Crippen LogP) is 14.8. The molecule has 4 nitrogen and oxygen atoms in total. The maximum absolute atomic E-state index is 6.51. The molecule has 0 saturated carbocycles. The molecule has 0 spiro atoms. The number of benzene rings is 10. The fourth-order valence-electron chi connectivity index (χ4n) is 9.63. The van der Waals surface area contributed by atoms with Gasteiger partial charge in [-0.15, -0.1) is 0 Å². The number of furan rings is 1. The summed E-state index contributed by atoms with van der Waals surface area (Å²) in [6.07, 6.45) is 0. The molecular formula is C55H31N3O. The van der Waals surface area contributed by atoms with E-state index in [4.69, 9.17) is 19.4 Å². The van der Waals surface area contributed by atoms with Gasteiger partial charge in [-0.05, 0) is 100 Å². The minimum atomic E-state index is 0.562. The Kier molecular flexibility index (Phi) is 6.69. The van der Waals surface area contributed by atoms with E-state index in [2.05, 4.69) is 133 Å². The van der Waals surface area contributed by atoms with Crippen LogP contribution in [-0.4, -0.2) is 15.0 Å². The fourth-order valence-corrected chi connectivity index (χ4v) is 9.63. The lowest BCUT2D eigenvalue weighted by Gasteiger charge is -2.18. The molecule has 0 N–H and O–H groups in total. The molecule has 13 aromatic rings. The highest BCUT2D eigenvalue weighted by atomic mass is 16.3. The molecule has 0 aliphatic carbocycles. The topological polar surface area (TPSA) is 51.8 Å². The van der Waals surface area contributed by atoms with Crippen molar-refractivity contribution in [2.24, 2.45) is 0 Å². The molecule has 0 aliphatic heterocycles. The average molecular weight is 750 g/mol. The van der Waals surface area contributed by atoms with E-state index in [0.717, 1.165) is 49.8 Å². The molecule has 11 aromatic carbocycles. The molecule has 2 aromatic heterocycles. The molecule has 0 fully saturated rings. The van der Waals surface area contributed by atoms with Crippen molar-refractivity contribution < 1.29 is 4.42 Å². The number of fused-ring (bicyclic) bond motifs is 5. The number of rotatable bonds is 4. The molecule has 0 aliphatic rings. The second-order valence-corrected chi connectivity index (χ2v) is 15.5. The van der Waals surface area contributed by atoms with E-state index in [1.165, 1.54) is 64.6 Å². The lowest BCUT2D eigenvalue weighted by molar-refractivity contribution is 0.669. The minimum absolute atomic E-state index is 0.562. The van der Waals surface area contributed by atoms with E-state index in [-0.39, 0.29) is 0 Å². The van der Waals surface area contributed by atoms with E-state index >= 15 is 0 Å². The number of nitrogens with zero attached hydrogens (tertiary/aromatic N) is 3. The summed E-state index contributed by atoms with van der Waals surface area (Å²) in [5, 5.41) is 17.1. The van der Waals surface area contributed by atoms with Crippen molar-refractivity contribution in [3.63, 3.8) is 0 Å². The first-order chi connectivity index (χ1) is 29.2. The van der Waals surface area contributed by atoms with Crippen molar-refractivity contribution in [1.82, 2.24) is 15.0 Å². The zero-order valence-electron chi connectivity index (χ0n) is 31.6. The van der Waals surface area contributed by atoms with Crippen LogP contribution in [0.4, 0.5) is 0 Å². The summed E-state index contributed by atoms with van der Waals surface area (Å²) < 4.78 is 6.51. The Labute approximate surface area is 338 Å². The minimum Gasteiger partial charge on any atom is -0.455 e. The molecule has 59 heavy (non-hydrogen) atoms. The van der Waals surface area contributed by atoms with Crippen LogP contribution in [0.2, 0.25) is 0 Å². The van der Waals surface area contributed by atoms with E-state index in [1.807, 2.05) is 54.6 Å². The van der Waals surface area contributed by atoms with Gasteiger partial charge in [0.25, 0.3) is 0 Å². The average Bonchev–Trinajstić information content (AvgIpc) is 3.69. The highest BCUT2D eigenvalue weighted by molar-refractivity contribution is 6.37. The Balaban J connectivity index is 1.11. The Morgan fingerprint density at radius 3 is 1.49 bits per heavy atom. The van der Waals surface area contributed by atoms with E-state index < -0.39 is 0 Å². The van der Waals surface area contributed by atoms with Gasteiger partial charge in [-0.25, -0.2) is 15.0 Å². The van der Waals surface area contributed by atoms with E-state index in [1.54, 1.807) is 0 Å². The lowest BCUT2D eigenvalue weighted by atomic mass is 9.86. The van der Waals surface area contributed by atoms with Crippen LogP contribution >= 0.6 is 0 Å². The largest absolute Gasteiger partial charge is 0.455 e. The standard InChI is InChI=1S/C55H31N3O/c1-2-12-35(13-3-1)53-56-54(58-55(57-53)45-24-11-23-43-39-18-6-7-25-47(39)59-52(43)45)44-19-5-4-17-38(44)37-30-36-29-28-34-15-9-21-41-40-20-8-14-32-26-27-33-16-10-22-42(50(33)48(32)40)46(31-37)51(36)49(34)41/h1-31H. The highest BCUT2D eigenvalue weighted by Crippen LogP contribution is 2.45. The van der Waals surface area contributed by atoms with Crippen LogP contribution in [0.3, 0.4) is 0 Å². The summed E-state index contributed by atoms with van der Waals surface area (Å²) in [7, 11) is 0. The van der Waals surface area contributed by atoms with Gasteiger partial charge in [0.15, 0.2) is 17.5 Å². The molecular weight excluding hydrogens is 719 g/mol. The summed E-state index contributed by atoms with van der Waals surface area (Å²) in [4.78, 5) is 15.6. The zero-order chi connectivity index (χ0) is 38.6. The monoisotopic (exact) mass is 749 g/mol. The summed E-state index contributed by atoms with van der Waals surface area (Å²) >= 11 is 0. The molecule has 4 heteroatoms. The third kappa shape index (κ3) is 4.75. The van der Waals surface area contributed by atoms with Gasteiger partial charge in [0.1, 0.15) is 11.2 Å². The molecule has 0 bridgehead atoms. The molecule has 0 radical (unpaired) electrons. The van der Waals surface area contributed by atoms with E-state index in [9.17, 15) is 0 Å². The fraction of sp³-hybridized carbons (Fsp3) is 0. The van der Waals surface area contributed by atoms with Crippen LogP contribution in [0.5, 0.6) is 0 Å². The van der Waals surface area contributed by atoms with Crippen LogP contribution < -0.4 is 0 Å². The van der Waals surface area contributed by atoms with Gasteiger partial charge in [-0.2, -0.15) is 0 Å². The molecule has 0 atom stereocenters. The van der Waals surface area contributed by atoms with Crippen LogP contribution in [-0.2, 0) is 0 Å². The zero-order valence-corrected chi connectivity index (χ0v) is 31.6. The normalized spacial score (nSPS) is 12.1. The van der Waals surface area contributed by atoms with Crippen molar-refractivity contribution in [1.29, 1.82) is 0 Å². The van der Waals surface area contributed by atoms with Gasteiger partial charge in [0, 0.05) is 21.9 Å². The van der Waals surface area contributed by atoms with Gasteiger partial charge in [-0.3, -0.25) is 0 Å². The summed E-state index contributed by atoms with van der Waals surface area (Å²) in [6.45, 7) is 0. The van der Waals surface area contributed by atoms with Crippen molar-refractivity contribution in [3.8, 4) is 45.3 Å². The first-order valence-electron chi connectivity index (χ1n) is 20.0. The quantitative estimate of drug-likeness (QED) is 0.168.